The molecule has 90 valence electrons. The largest absolute Gasteiger partial charge is 0.341 e. The fourth-order valence-electron chi connectivity index (χ4n) is 2.12. The van der Waals surface area contributed by atoms with E-state index < -0.39 is 0 Å². The van der Waals surface area contributed by atoms with Crippen molar-refractivity contribution in [3.05, 3.63) is 17.5 Å². The van der Waals surface area contributed by atoms with E-state index in [0.717, 1.165) is 38.2 Å². The number of aryl methyl sites for hydroxylation is 1. The van der Waals surface area contributed by atoms with Crippen LogP contribution < -0.4 is 10.6 Å². The van der Waals surface area contributed by atoms with Crippen molar-refractivity contribution in [3.8, 4) is 6.07 Å². The van der Waals surface area contributed by atoms with Crippen LogP contribution in [0.3, 0.4) is 0 Å². The second-order valence-corrected chi connectivity index (χ2v) is 4.47. The van der Waals surface area contributed by atoms with Gasteiger partial charge in [0.05, 0.1) is 0 Å². The van der Waals surface area contributed by atoms with Crippen molar-refractivity contribution in [1.29, 1.82) is 5.26 Å². The molecule has 1 aromatic rings. The van der Waals surface area contributed by atoms with E-state index in [0.29, 0.717) is 17.6 Å². The number of nitrogens with zero attached hydrogens (tertiary/aromatic N) is 4. The lowest BCUT2D eigenvalue weighted by Gasteiger charge is -2.31. The molecule has 1 aliphatic heterocycles. The SMILES string of the molecule is Cc1cc(C#N)nc(N2CCC(CN)CC2)n1. The molecule has 5 heteroatoms. The lowest BCUT2D eigenvalue weighted by Crippen LogP contribution is -2.37. The van der Waals surface area contributed by atoms with E-state index in [1.807, 2.05) is 6.92 Å². The number of nitriles is 1. The summed E-state index contributed by atoms with van der Waals surface area (Å²) in [6.45, 7) is 4.50. The molecule has 0 spiro atoms. The molecule has 1 aliphatic rings. The third-order valence-corrected chi connectivity index (χ3v) is 3.19. The van der Waals surface area contributed by atoms with Gasteiger partial charge in [0, 0.05) is 18.8 Å². The van der Waals surface area contributed by atoms with Crippen LogP contribution in [0, 0.1) is 24.2 Å². The Morgan fingerprint density at radius 1 is 1.47 bits per heavy atom. The van der Waals surface area contributed by atoms with Crippen molar-refractivity contribution < 1.29 is 0 Å². The smallest absolute Gasteiger partial charge is 0.226 e. The van der Waals surface area contributed by atoms with Gasteiger partial charge in [0.15, 0.2) is 0 Å². The van der Waals surface area contributed by atoms with Gasteiger partial charge in [-0.15, -0.1) is 0 Å². The van der Waals surface area contributed by atoms with E-state index in [-0.39, 0.29) is 0 Å². The Hall–Kier alpha value is -1.67. The van der Waals surface area contributed by atoms with Gasteiger partial charge < -0.3 is 10.6 Å². The van der Waals surface area contributed by atoms with Gasteiger partial charge in [-0.2, -0.15) is 5.26 Å². The summed E-state index contributed by atoms with van der Waals surface area (Å²) in [5.41, 5.74) is 6.94. The van der Waals surface area contributed by atoms with Crippen LogP contribution in [-0.4, -0.2) is 29.6 Å². The van der Waals surface area contributed by atoms with Gasteiger partial charge >= 0.3 is 0 Å². The second kappa shape index (κ2) is 5.11. The highest BCUT2D eigenvalue weighted by atomic mass is 15.3. The molecule has 0 unspecified atom stereocenters. The van der Waals surface area contributed by atoms with Crippen molar-refractivity contribution in [3.63, 3.8) is 0 Å². The Labute approximate surface area is 101 Å². The zero-order valence-electron chi connectivity index (χ0n) is 10.1. The van der Waals surface area contributed by atoms with E-state index in [9.17, 15) is 0 Å². The van der Waals surface area contributed by atoms with E-state index in [1.54, 1.807) is 6.07 Å². The molecule has 17 heavy (non-hydrogen) atoms. The summed E-state index contributed by atoms with van der Waals surface area (Å²) in [6, 6.07) is 3.77. The number of piperidine rings is 1. The molecule has 5 nitrogen and oxygen atoms in total. The van der Waals surface area contributed by atoms with Crippen LogP contribution in [-0.2, 0) is 0 Å². The Kier molecular flexibility index (Phi) is 3.55. The Bertz CT molecular complexity index is 429. The zero-order valence-corrected chi connectivity index (χ0v) is 10.1. The predicted molar refractivity (Wildman–Crippen MR) is 65.5 cm³/mol. The molecule has 1 fully saturated rings. The zero-order chi connectivity index (χ0) is 12.3. The third kappa shape index (κ3) is 2.71. The summed E-state index contributed by atoms with van der Waals surface area (Å²) < 4.78 is 0. The van der Waals surface area contributed by atoms with Crippen molar-refractivity contribution in [2.24, 2.45) is 11.7 Å². The van der Waals surface area contributed by atoms with Gasteiger partial charge in [-0.1, -0.05) is 0 Å². The van der Waals surface area contributed by atoms with E-state index in [4.69, 9.17) is 11.0 Å². The molecule has 0 aliphatic carbocycles. The van der Waals surface area contributed by atoms with Crippen LogP contribution in [0.15, 0.2) is 6.07 Å². The fourth-order valence-corrected chi connectivity index (χ4v) is 2.12. The summed E-state index contributed by atoms with van der Waals surface area (Å²) >= 11 is 0. The molecule has 0 aromatic carbocycles. The average Bonchev–Trinajstić information content (AvgIpc) is 2.38. The van der Waals surface area contributed by atoms with Crippen molar-refractivity contribution >= 4 is 5.95 Å². The van der Waals surface area contributed by atoms with Crippen LogP contribution in [0.1, 0.15) is 24.2 Å². The standard InChI is InChI=1S/C12H17N5/c1-9-6-11(8-14)16-12(15-9)17-4-2-10(7-13)3-5-17/h6,10H,2-5,7,13H2,1H3. The minimum absolute atomic E-state index is 0.438. The van der Waals surface area contributed by atoms with Crippen molar-refractivity contribution in [1.82, 2.24) is 9.97 Å². The lowest BCUT2D eigenvalue weighted by molar-refractivity contribution is 0.411. The van der Waals surface area contributed by atoms with E-state index in [2.05, 4.69) is 20.9 Å². The van der Waals surface area contributed by atoms with E-state index in [1.165, 1.54) is 0 Å². The first kappa shape index (κ1) is 11.8. The molecule has 1 aromatic heterocycles. The maximum absolute atomic E-state index is 8.89. The molecule has 2 N–H and O–H groups in total. The van der Waals surface area contributed by atoms with Crippen molar-refractivity contribution in [2.45, 2.75) is 19.8 Å². The van der Waals surface area contributed by atoms with Gasteiger partial charge in [0.2, 0.25) is 5.95 Å². The van der Waals surface area contributed by atoms with Crippen molar-refractivity contribution in [2.75, 3.05) is 24.5 Å². The lowest BCUT2D eigenvalue weighted by atomic mass is 9.97. The Morgan fingerprint density at radius 3 is 2.76 bits per heavy atom. The molecule has 0 bridgehead atoms. The molecule has 0 atom stereocenters. The maximum Gasteiger partial charge on any atom is 0.226 e. The first-order valence-electron chi connectivity index (χ1n) is 5.93. The van der Waals surface area contributed by atoms with Crippen LogP contribution in [0.2, 0.25) is 0 Å². The summed E-state index contributed by atoms with van der Waals surface area (Å²) in [5, 5.41) is 8.89. The number of anilines is 1. The average molecular weight is 231 g/mol. The number of rotatable bonds is 2. The third-order valence-electron chi connectivity index (χ3n) is 3.19. The summed E-state index contributed by atoms with van der Waals surface area (Å²) in [5.74, 6) is 1.29. The van der Waals surface area contributed by atoms with Gasteiger partial charge in [-0.3, -0.25) is 0 Å². The van der Waals surface area contributed by atoms with Crippen LogP contribution in [0.25, 0.3) is 0 Å². The number of nitrogens with two attached hydrogens (primary N) is 1. The monoisotopic (exact) mass is 231 g/mol. The Balaban J connectivity index is 2.13. The highest BCUT2D eigenvalue weighted by molar-refractivity contribution is 5.36. The molecule has 1 saturated heterocycles. The number of hydrogen-bond donors (Lipinski definition) is 1. The van der Waals surface area contributed by atoms with Gasteiger partial charge in [0.25, 0.3) is 0 Å². The van der Waals surface area contributed by atoms with Gasteiger partial charge in [-0.05, 0) is 38.3 Å². The van der Waals surface area contributed by atoms with Crippen LogP contribution in [0.5, 0.6) is 0 Å². The quantitative estimate of drug-likeness (QED) is 0.815. The second-order valence-electron chi connectivity index (χ2n) is 4.47. The topological polar surface area (TPSA) is 78.8 Å². The van der Waals surface area contributed by atoms with Gasteiger partial charge in [0.1, 0.15) is 11.8 Å². The van der Waals surface area contributed by atoms with Crippen LogP contribution >= 0.6 is 0 Å². The minimum atomic E-state index is 0.438. The molecule has 2 heterocycles. The first-order chi connectivity index (χ1) is 8.22. The predicted octanol–water partition coefficient (Wildman–Crippen LogP) is 0.832. The number of aromatic nitrogens is 2. The normalized spacial score (nSPS) is 16.9. The van der Waals surface area contributed by atoms with Gasteiger partial charge in [-0.25, -0.2) is 9.97 Å². The van der Waals surface area contributed by atoms with E-state index >= 15 is 0 Å². The summed E-state index contributed by atoms with van der Waals surface area (Å²) in [4.78, 5) is 10.8. The molecule has 0 saturated carbocycles. The fraction of sp³-hybridized carbons (Fsp3) is 0.583. The summed E-state index contributed by atoms with van der Waals surface area (Å²) in [6.07, 6.45) is 2.16. The summed E-state index contributed by atoms with van der Waals surface area (Å²) in [7, 11) is 0. The molecular weight excluding hydrogens is 214 g/mol. The molecular formula is C12H17N5. The number of hydrogen-bond acceptors (Lipinski definition) is 5. The maximum atomic E-state index is 8.89. The highest BCUT2D eigenvalue weighted by Crippen LogP contribution is 2.20. The molecule has 0 radical (unpaired) electrons. The highest BCUT2D eigenvalue weighted by Gasteiger charge is 2.20. The minimum Gasteiger partial charge on any atom is -0.341 e. The molecule has 0 amide bonds. The van der Waals surface area contributed by atoms with Crippen LogP contribution in [0.4, 0.5) is 5.95 Å². The first-order valence-corrected chi connectivity index (χ1v) is 5.93. The molecule has 2 rings (SSSR count). The Morgan fingerprint density at radius 2 is 2.18 bits per heavy atom.